The summed E-state index contributed by atoms with van der Waals surface area (Å²) in [5, 5.41) is 12.1. The number of likely N-dealkylation sites (N-methyl/N-ethyl adjacent to an activating group) is 1. The van der Waals surface area contributed by atoms with E-state index in [1.807, 2.05) is 6.92 Å². The summed E-state index contributed by atoms with van der Waals surface area (Å²) >= 11 is 0. The largest absolute Gasteiger partial charge is 0.508 e. The lowest BCUT2D eigenvalue weighted by Gasteiger charge is -2.18. The molecule has 1 aromatic carbocycles. The van der Waals surface area contributed by atoms with Crippen molar-refractivity contribution in [2.45, 2.75) is 19.9 Å². The molecule has 18 heavy (non-hydrogen) atoms. The van der Waals surface area contributed by atoms with E-state index in [0.29, 0.717) is 12.1 Å². The first kappa shape index (κ1) is 14.4. The van der Waals surface area contributed by atoms with E-state index >= 15 is 0 Å². The third-order valence-electron chi connectivity index (χ3n) is 2.91. The third kappa shape index (κ3) is 3.70. The van der Waals surface area contributed by atoms with Gasteiger partial charge in [0, 0.05) is 31.3 Å². The van der Waals surface area contributed by atoms with E-state index in [4.69, 9.17) is 5.11 Å². The van der Waals surface area contributed by atoms with E-state index in [2.05, 4.69) is 5.32 Å². The quantitative estimate of drug-likeness (QED) is 0.840. The maximum atomic E-state index is 13.6. The van der Waals surface area contributed by atoms with Crippen molar-refractivity contribution in [3.05, 3.63) is 29.6 Å². The molecule has 0 fully saturated rings. The molecule has 4 nitrogen and oxygen atoms in total. The lowest BCUT2D eigenvalue weighted by atomic mass is 10.1. The van der Waals surface area contributed by atoms with Crippen LogP contribution < -0.4 is 5.32 Å². The first-order valence-electron chi connectivity index (χ1n) is 5.91. The first-order chi connectivity index (χ1) is 8.45. The van der Waals surface area contributed by atoms with E-state index in [0.717, 1.165) is 6.07 Å². The van der Waals surface area contributed by atoms with Crippen LogP contribution in [-0.4, -0.2) is 36.1 Å². The summed E-state index contributed by atoms with van der Waals surface area (Å²) in [5.41, 5.74) is 0.430. The summed E-state index contributed by atoms with van der Waals surface area (Å²) in [4.78, 5) is 13.2. The van der Waals surface area contributed by atoms with Gasteiger partial charge in [0.1, 0.15) is 11.6 Å². The van der Waals surface area contributed by atoms with Crippen LogP contribution in [0.15, 0.2) is 18.2 Å². The Morgan fingerprint density at radius 1 is 1.56 bits per heavy atom. The lowest BCUT2D eigenvalue weighted by molar-refractivity contribution is -0.128. The Hall–Kier alpha value is -1.62. The molecule has 1 rings (SSSR count). The van der Waals surface area contributed by atoms with Crippen molar-refractivity contribution in [1.29, 1.82) is 0 Å². The predicted octanol–water partition coefficient (Wildman–Crippen LogP) is 1.66. The van der Waals surface area contributed by atoms with Crippen molar-refractivity contribution in [3.8, 4) is 5.75 Å². The zero-order chi connectivity index (χ0) is 13.7. The number of amides is 1. The van der Waals surface area contributed by atoms with Crippen LogP contribution in [0.5, 0.6) is 5.75 Å². The van der Waals surface area contributed by atoms with Gasteiger partial charge in [-0.05, 0) is 19.9 Å². The number of nitrogens with one attached hydrogen (secondary N) is 1. The van der Waals surface area contributed by atoms with Crippen LogP contribution in [0.3, 0.4) is 0 Å². The molecule has 0 bridgehead atoms. The van der Waals surface area contributed by atoms with E-state index in [1.54, 1.807) is 18.9 Å². The number of hydrogen-bond donors (Lipinski definition) is 2. The number of nitrogens with zero attached hydrogens (tertiary/aromatic N) is 1. The highest BCUT2D eigenvalue weighted by Crippen LogP contribution is 2.20. The molecule has 0 aliphatic rings. The minimum Gasteiger partial charge on any atom is -0.508 e. The second-order valence-electron chi connectivity index (χ2n) is 4.22. The molecule has 5 heteroatoms. The molecule has 0 radical (unpaired) electrons. The van der Waals surface area contributed by atoms with Crippen molar-refractivity contribution in [2.24, 2.45) is 0 Å². The fourth-order valence-corrected chi connectivity index (χ4v) is 1.53. The molecule has 0 spiro atoms. The molecule has 0 aromatic heterocycles. The zero-order valence-electron chi connectivity index (χ0n) is 10.9. The summed E-state index contributed by atoms with van der Waals surface area (Å²) in [6, 6.07) is 3.71. The Kier molecular flexibility index (Phi) is 5.09. The number of aromatic hydroxyl groups is 1. The average molecular weight is 254 g/mol. The van der Waals surface area contributed by atoms with Crippen LogP contribution in [0.25, 0.3) is 0 Å². The van der Waals surface area contributed by atoms with Crippen LogP contribution >= 0.6 is 0 Å². The highest BCUT2D eigenvalue weighted by Gasteiger charge is 2.13. The molecular formula is C13H19FN2O2. The van der Waals surface area contributed by atoms with Crippen molar-refractivity contribution in [3.63, 3.8) is 0 Å². The first-order valence-corrected chi connectivity index (χ1v) is 5.91. The number of halogens is 1. The number of phenolic OH excluding ortho intramolecular Hbond substituents is 1. The summed E-state index contributed by atoms with van der Waals surface area (Å²) in [6.45, 7) is 4.46. The maximum absolute atomic E-state index is 13.6. The fraction of sp³-hybridized carbons (Fsp3) is 0.462. The van der Waals surface area contributed by atoms with E-state index < -0.39 is 5.82 Å². The van der Waals surface area contributed by atoms with Crippen LogP contribution in [0.4, 0.5) is 4.39 Å². The number of carbonyl (C=O) groups is 1. The zero-order valence-corrected chi connectivity index (χ0v) is 10.9. The standard InChI is InChI=1S/C13H19FN2O2/c1-4-16(3)13(18)8-15-9(2)11-6-5-10(17)7-12(11)14/h5-7,9,15,17H,4,8H2,1-3H3. The molecule has 0 aliphatic carbocycles. The van der Waals surface area contributed by atoms with Gasteiger partial charge in [-0.25, -0.2) is 4.39 Å². The number of phenols is 1. The van der Waals surface area contributed by atoms with Crippen molar-refractivity contribution >= 4 is 5.91 Å². The van der Waals surface area contributed by atoms with E-state index in [-0.39, 0.29) is 24.2 Å². The molecule has 0 aliphatic heterocycles. The second kappa shape index (κ2) is 6.35. The molecule has 2 N–H and O–H groups in total. The lowest BCUT2D eigenvalue weighted by Crippen LogP contribution is -2.36. The fourth-order valence-electron chi connectivity index (χ4n) is 1.53. The molecule has 100 valence electrons. The topological polar surface area (TPSA) is 52.6 Å². The van der Waals surface area contributed by atoms with Crippen molar-refractivity contribution < 1.29 is 14.3 Å². The average Bonchev–Trinajstić information content (AvgIpc) is 2.34. The molecule has 0 saturated carbocycles. The molecule has 0 heterocycles. The monoisotopic (exact) mass is 254 g/mol. The van der Waals surface area contributed by atoms with Gasteiger partial charge in [-0.2, -0.15) is 0 Å². The van der Waals surface area contributed by atoms with Crippen molar-refractivity contribution in [1.82, 2.24) is 10.2 Å². The molecular weight excluding hydrogens is 235 g/mol. The predicted molar refractivity (Wildman–Crippen MR) is 67.8 cm³/mol. The Morgan fingerprint density at radius 3 is 2.78 bits per heavy atom. The van der Waals surface area contributed by atoms with E-state index in [9.17, 15) is 9.18 Å². The van der Waals surface area contributed by atoms with Gasteiger partial charge in [0.25, 0.3) is 0 Å². The highest BCUT2D eigenvalue weighted by molar-refractivity contribution is 5.77. The molecule has 0 saturated heterocycles. The Bertz CT molecular complexity index is 423. The summed E-state index contributed by atoms with van der Waals surface area (Å²) in [5.74, 6) is -0.625. The third-order valence-corrected chi connectivity index (χ3v) is 2.91. The van der Waals surface area contributed by atoms with Gasteiger partial charge < -0.3 is 15.3 Å². The van der Waals surface area contributed by atoms with Crippen LogP contribution in [0.2, 0.25) is 0 Å². The number of carbonyl (C=O) groups excluding carboxylic acids is 1. The van der Waals surface area contributed by atoms with Gasteiger partial charge in [-0.1, -0.05) is 6.07 Å². The van der Waals surface area contributed by atoms with Crippen LogP contribution in [0.1, 0.15) is 25.5 Å². The van der Waals surface area contributed by atoms with Gasteiger partial charge in [-0.15, -0.1) is 0 Å². The molecule has 1 atom stereocenters. The second-order valence-corrected chi connectivity index (χ2v) is 4.22. The number of benzene rings is 1. The number of hydrogen-bond acceptors (Lipinski definition) is 3. The minimum absolute atomic E-state index is 0.0384. The SMILES string of the molecule is CCN(C)C(=O)CNC(C)c1ccc(O)cc1F. The van der Waals surface area contributed by atoms with Crippen molar-refractivity contribution in [2.75, 3.05) is 20.1 Å². The van der Waals surface area contributed by atoms with Gasteiger partial charge >= 0.3 is 0 Å². The molecule has 1 amide bonds. The van der Waals surface area contributed by atoms with Crippen LogP contribution in [-0.2, 0) is 4.79 Å². The summed E-state index contributed by atoms with van der Waals surface area (Å²) < 4.78 is 13.6. The maximum Gasteiger partial charge on any atom is 0.236 e. The highest BCUT2D eigenvalue weighted by atomic mass is 19.1. The Morgan fingerprint density at radius 2 is 2.22 bits per heavy atom. The van der Waals surface area contributed by atoms with E-state index in [1.165, 1.54) is 12.1 Å². The van der Waals surface area contributed by atoms with Crippen LogP contribution in [0, 0.1) is 5.82 Å². The summed E-state index contributed by atoms with van der Waals surface area (Å²) in [6.07, 6.45) is 0. The summed E-state index contributed by atoms with van der Waals surface area (Å²) in [7, 11) is 1.72. The molecule has 1 unspecified atom stereocenters. The van der Waals surface area contributed by atoms with Gasteiger partial charge in [0.05, 0.1) is 6.54 Å². The Balaban J connectivity index is 2.60. The van der Waals surface area contributed by atoms with Gasteiger partial charge in [-0.3, -0.25) is 4.79 Å². The molecule has 1 aromatic rings. The minimum atomic E-state index is -0.480. The van der Waals surface area contributed by atoms with Gasteiger partial charge in [0.15, 0.2) is 0 Å². The Labute approximate surface area is 106 Å². The normalized spacial score (nSPS) is 12.2. The van der Waals surface area contributed by atoms with Gasteiger partial charge in [0.2, 0.25) is 5.91 Å². The smallest absolute Gasteiger partial charge is 0.236 e. The number of rotatable bonds is 5.